The maximum absolute atomic E-state index is 13.2. The minimum Gasteiger partial charge on any atom is -0.480 e. The zero-order valence-corrected chi connectivity index (χ0v) is 20.0. The first-order valence-electron chi connectivity index (χ1n) is 10.7. The summed E-state index contributed by atoms with van der Waals surface area (Å²) in [5, 5.41) is 12.7. The van der Waals surface area contributed by atoms with Gasteiger partial charge >= 0.3 is 11.9 Å². The number of hydrogen-bond donors (Lipinski definition) is 2. The lowest BCUT2D eigenvalue weighted by Gasteiger charge is -2.28. The van der Waals surface area contributed by atoms with Gasteiger partial charge in [-0.15, -0.1) is 23.5 Å². The number of rotatable bonds is 10. The fourth-order valence-corrected chi connectivity index (χ4v) is 7.17. The summed E-state index contributed by atoms with van der Waals surface area (Å²) in [4.78, 5) is 38.9. The molecule has 2 N–H and O–H groups in total. The summed E-state index contributed by atoms with van der Waals surface area (Å²) in [5.41, 5.74) is 0.970. The van der Waals surface area contributed by atoms with E-state index >= 15 is 0 Å². The number of amides is 1. The average molecular weight is 483 g/mol. The number of carboxylic acid groups (broad SMARTS) is 1. The van der Waals surface area contributed by atoms with Gasteiger partial charge in [-0.2, -0.15) is 0 Å². The number of carboxylic acids is 1. The number of ether oxygens (including phenoxy) is 2. The fourth-order valence-electron chi connectivity index (χ4n) is 3.92. The molecule has 2 aliphatic rings. The van der Waals surface area contributed by atoms with E-state index < -0.39 is 30.1 Å². The molecule has 0 saturated carbocycles. The molecule has 2 saturated heterocycles. The number of nitrogens with zero attached hydrogens (tertiary/aromatic N) is 1. The lowest BCUT2D eigenvalue weighted by molar-refractivity contribution is -0.151. The molecular formula is C22H30N2O6S2. The number of esters is 1. The molecule has 176 valence electrons. The van der Waals surface area contributed by atoms with Crippen molar-refractivity contribution in [2.45, 2.75) is 49.1 Å². The summed E-state index contributed by atoms with van der Waals surface area (Å²) in [6.45, 7) is 4.31. The maximum Gasteiger partial charge on any atom is 0.326 e. The molecule has 2 unspecified atom stereocenters. The molecule has 1 aromatic carbocycles. The third kappa shape index (κ3) is 6.18. The highest BCUT2D eigenvalue weighted by molar-refractivity contribution is 8.21. The van der Waals surface area contributed by atoms with Crippen LogP contribution in [0.25, 0.3) is 0 Å². The van der Waals surface area contributed by atoms with Crippen molar-refractivity contribution in [1.82, 2.24) is 10.2 Å². The lowest BCUT2D eigenvalue weighted by atomic mass is 10.2. The van der Waals surface area contributed by atoms with Gasteiger partial charge in [0.15, 0.2) is 0 Å². The van der Waals surface area contributed by atoms with Gasteiger partial charge in [0.05, 0.1) is 29.9 Å². The summed E-state index contributed by atoms with van der Waals surface area (Å²) in [7, 11) is 0. The van der Waals surface area contributed by atoms with Crippen LogP contribution in [-0.4, -0.2) is 81.3 Å². The van der Waals surface area contributed by atoms with Gasteiger partial charge in [-0.1, -0.05) is 30.3 Å². The molecule has 1 spiro atoms. The number of carbonyl (C=O) groups excluding carboxylic acids is 2. The number of carbonyl (C=O) groups is 3. The van der Waals surface area contributed by atoms with Crippen molar-refractivity contribution in [1.29, 1.82) is 0 Å². The smallest absolute Gasteiger partial charge is 0.326 e. The molecule has 8 nitrogen and oxygen atoms in total. The van der Waals surface area contributed by atoms with Gasteiger partial charge in [-0.25, -0.2) is 4.79 Å². The van der Waals surface area contributed by atoms with Crippen molar-refractivity contribution >= 4 is 41.4 Å². The summed E-state index contributed by atoms with van der Waals surface area (Å²) in [6, 6.07) is 7.10. The SMILES string of the molecule is CCOC(=O)C(COCc1ccccc1)N[C@@H](C)C(=O)N1CC2(CC1C(=O)O)SCCS2. The molecule has 0 aromatic heterocycles. The van der Waals surface area contributed by atoms with Gasteiger partial charge in [0.1, 0.15) is 12.1 Å². The van der Waals surface area contributed by atoms with E-state index in [1.165, 1.54) is 4.90 Å². The van der Waals surface area contributed by atoms with Crippen LogP contribution in [0.4, 0.5) is 0 Å². The molecule has 0 aliphatic carbocycles. The van der Waals surface area contributed by atoms with E-state index in [1.54, 1.807) is 37.4 Å². The van der Waals surface area contributed by atoms with Crippen LogP contribution in [0.1, 0.15) is 25.8 Å². The Morgan fingerprint density at radius 1 is 1.25 bits per heavy atom. The highest BCUT2D eigenvalue weighted by Crippen LogP contribution is 2.51. The minimum absolute atomic E-state index is 0.0311. The second kappa shape index (κ2) is 11.4. The van der Waals surface area contributed by atoms with Gasteiger partial charge in [-0.05, 0) is 19.4 Å². The average Bonchev–Trinajstić information content (AvgIpc) is 3.40. The van der Waals surface area contributed by atoms with Crippen LogP contribution >= 0.6 is 23.5 Å². The molecule has 1 aromatic rings. The van der Waals surface area contributed by atoms with Gasteiger partial charge in [0.25, 0.3) is 0 Å². The number of nitrogens with one attached hydrogen (secondary N) is 1. The summed E-state index contributed by atoms with van der Waals surface area (Å²) < 4.78 is 10.6. The van der Waals surface area contributed by atoms with Crippen LogP contribution < -0.4 is 5.32 Å². The van der Waals surface area contributed by atoms with Crippen LogP contribution in [-0.2, 0) is 30.5 Å². The molecule has 2 heterocycles. The third-order valence-corrected chi connectivity index (χ3v) is 8.89. The topological polar surface area (TPSA) is 105 Å². The van der Waals surface area contributed by atoms with Gasteiger partial charge in [0.2, 0.25) is 5.91 Å². The van der Waals surface area contributed by atoms with Crippen molar-refractivity contribution in [2.24, 2.45) is 0 Å². The van der Waals surface area contributed by atoms with Crippen LogP contribution in [0.2, 0.25) is 0 Å². The van der Waals surface area contributed by atoms with Gasteiger partial charge < -0.3 is 19.5 Å². The largest absolute Gasteiger partial charge is 0.480 e. The quantitative estimate of drug-likeness (QED) is 0.484. The monoisotopic (exact) mass is 482 g/mol. The maximum atomic E-state index is 13.2. The van der Waals surface area contributed by atoms with E-state index in [4.69, 9.17) is 9.47 Å². The van der Waals surface area contributed by atoms with Crippen molar-refractivity contribution in [3.8, 4) is 0 Å². The van der Waals surface area contributed by atoms with Crippen LogP contribution in [0.15, 0.2) is 30.3 Å². The molecule has 2 aliphatic heterocycles. The molecule has 2 fully saturated rings. The van der Waals surface area contributed by atoms with E-state index in [1.807, 2.05) is 30.3 Å². The molecule has 1 amide bonds. The molecule has 3 rings (SSSR count). The Morgan fingerprint density at radius 3 is 2.56 bits per heavy atom. The normalized spacial score (nSPS) is 21.4. The number of benzene rings is 1. The first kappa shape index (κ1) is 24.9. The van der Waals surface area contributed by atoms with Crippen LogP contribution in [0.5, 0.6) is 0 Å². The zero-order valence-electron chi connectivity index (χ0n) is 18.3. The molecule has 32 heavy (non-hydrogen) atoms. The van der Waals surface area contributed by atoms with Gasteiger partial charge in [-0.3, -0.25) is 14.9 Å². The van der Waals surface area contributed by atoms with E-state index in [0.29, 0.717) is 19.6 Å². The number of hydrogen-bond acceptors (Lipinski definition) is 8. The van der Waals surface area contributed by atoms with Crippen LogP contribution in [0, 0.1) is 0 Å². The zero-order chi connectivity index (χ0) is 23.1. The van der Waals surface area contributed by atoms with Crippen molar-refractivity contribution in [3.05, 3.63) is 35.9 Å². The lowest BCUT2D eigenvalue weighted by Crippen LogP contribution is -2.54. The van der Waals surface area contributed by atoms with E-state index in [-0.39, 0.29) is 23.2 Å². The molecule has 10 heteroatoms. The Balaban J connectivity index is 1.63. The predicted molar refractivity (Wildman–Crippen MR) is 125 cm³/mol. The fraction of sp³-hybridized carbons (Fsp3) is 0.591. The summed E-state index contributed by atoms with van der Waals surface area (Å²) in [5.74, 6) is 0.0748. The molecule has 3 atom stereocenters. The number of aliphatic carboxylic acids is 1. The Bertz CT molecular complexity index is 803. The predicted octanol–water partition coefficient (Wildman–Crippen LogP) is 1.97. The standard InChI is InChI=1S/C22H30N2O6S2/c1-3-30-21(28)17(13-29-12-16-7-5-4-6-8-16)23-15(2)19(25)24-14-22(31-9-10-32-22)11-18(24)20(26)27/h4-8,15,17-18,23H,3,9-14H2,1-2H3,(H,26,27)/t15-,17?,18?/m0/s1. The second-order valence-corrected chi connectivity index (χ2v) is 11.0. The van der Waals surface area contributed by atoms with Crippen LogP contribution in [0.3, 0.4) is 0 Å². The second-order valence-electron chi connectivity index (χ2n) is 7.83. The number of thioether (sulfide) groups is 2. The highest BCUT2D eigenvalue weighted by Gasteiger charge is 2.52. The van der Waals surface area contributed by atoms with E-state index in [2.05, 4.69) is 5.32 Å². The Morgan fingerprint density at radius 2 is 1.94 bits per heavy atom. The Kier molecular flexibility index (Phi) is 8.87. The first-order chi connectivity index (χ1) is 15.3. The van der Waals surface area contributed by atoms with E-state index in [0.717, 1.165) is 17.1 Å². The van der Waals surface area contributed by atoms with E-state index in [9.17, 15) is 19.5 Å². The molecular weight excluding hydrogens is 452 g/mol. The summed E-state index contributed by atoms with van der Waals surface area (Å²) >= 11 is 3.46. The van der Waals surface area contributed by atoms with Crippen molar-refractivity contribution in [3.63, 3.8) is 0 Å². The van der Waals surface area contributed by atoms with Crippen molar-refractivity contribution < 1.29 is 29.0 Å². The Labute approximate surface area is 196 Å². The molecule has 0 bridgehead atoms. The third-order valence-electron chi connectivity index (χ3n) is 5.46. The minimum atomic E-state index is -0.997. The Hall–Kier alpha value is -1.75. The highest BCUT2D eigenvalue weighted by atomic mass is 32.2. The number of likely N-dealkylation sites (tertiary alicyclic amines) is 1. The molecule has 0 radical (unpaired) electrons. The van der Waals surface area contributed by atoms with Gasteiger partial charge in [0, 0.05) is 24.5 Å². The summed E-state index contributed by atoms with van der Waals surface area (Å²) in [6.07, 6.45) is 0.428. The van der Waals surface area contributed by atoms with Crippen molar-refractivity contribution in [2.75, 3.05) is 31.3 Å². The first-order valence-corrected chi connectivity index (χ1v) is 12.7.